The number of benzene rings is 1. The summed E-state index contributed by atoms with van der Waals surface area (Å²) in [4.78, 5) is 111. The van der Waals surface area contributed by atoms with Crippen molar-refractivity contribution in [2.45, 2.75) is 92.0 Å². The fraction of sp³-hybridized carbons (Fsp3) is 0.343. The molecule has 30 nitrogen and oxygen atoms in total. The highest BCUT2D eigenvalue weighted by atomic mass is 19.3. The molecule has 10 heterocycles. The molecule has 2 aliphatic heterocycles. The van der Waals surface area contributed by atoms with E-state index in [1.54, 1.807) is 74.8 Å². The fourth-order valence-electron chi connectivity index (χ4n) is 9.01. The summed E-state index contributed by atoms with van der Waals surface area (Å²) < 4.78 is 86.0. The molecule has 4 N–H and O–H groups in total. The summed E-state index contributed by atoms with van der Waals surface area (Å²) in [7, 11) is 0. The van der Waals surface area contributed by atoms with E-state index in [0.717, 1.165) is 43.9 Å². The Balaban J connectivity index is 0.000000176. The van der Waals surface area contributed by atoms with Crippen LogP contribution in [0, 0.1) is 11.7 Å². The second kappa shape index (κ2) is 37.6. The molecule has 0 saturated carbocycles. The zero-order valence-electron chi connectivity index (χ0n) is 57.5. The summed E-state index contributed by atoms with van der Waals surface area (Å²) in [6, 6.07) is 30.2. The number of amides is 4. The van der Waals surface area contributed by atoms with Crippen molar-refractivity contribution in [1.29, 1.82) is 0 Å². The van der Waals surface area contributed by atoms with Crippen LogP contribution in [-0.2, 0) is 54.8 Å². The Labute approximate surface area is 591 Å². The van der Waals surface area contributed by atoms with E-state index in [0.29, 0.717) is 89.1 Å². The van der Waals surface area contributed by atoms with Gasteiger partial charge in [-0.1, -0.05) is 6.92 Å². The SMILES string of the molecule is CCC(C)(C)NC(=O)Cn1nc(-c2ccc(OC(F)F)nc2)ccc1=O.CCNC(=O)Cn1nc(-c2ccc(OCC3(F)COC3)nc2)ccc1=O.CCNC(=O)Cn1nc(-c2ccc(OCC3COC3)nc2)ccc1=O.CCNC(=O)Cn1nc(-c2ccc(Oc3ccc(F)cc3)nc2)ccc1=O. The lowest BCUT2D eigenvalue weighted by Gasteiger charge is -2.32. The minimum atomic E-state index is -2.96. The van der Waals surface area contributed by atoms with Gasteiger partial charge in [0.05, 0.1) is 55.8 Å². The minimum Gasteiger partial charge on any atom is -0.477 e. The van der Waals surface area contributed by atoms with Gasteiger partial charge in [0.2, 0.25) is 47.1 Å². The molecule has 1 aromatic carbocycles. The summed E-state index contributed by atoms with van der Waals surface area (Å²) in [6.07, 6.45) is 6.73. The maximum absolute atomic E-state index is 13.8. The number of likely N-dealkylation sites (N-methyl/N-ethyl adjacent to an activating group) is 3. The molecule has 548 valence electrons. The lowest BCUT2D eigenvalue weighted by atomic mass is 10.0. The molecule has 0 bridgehead atoms. The third-order valence-corrected chi connectivity index (χ3v) is 14.9. The van der Waals surface area contributed by atoms with Crippen LogP contribution in [0.2, 0.25) is 0 Å². The number of carbonyl (C=O) groups excluding carboxylic acids is 4. The topological polar surface area (TPSA) is 363 Å². The molecule has 34 heteroatoms. The van der Waals surface area contributed by atoms with E-state index in [9.17, 15) is 55.9 Å². The summed E-state index contributed by atoms with van der Waals surface area (Å²) >= 11 is 0. The zero-order chi connectivity index (χ0) is 74.8. The van der Waals surface area contributed by atoms with Crippen LogP contribution in [0.4, 0.5) is 17.6 Å². The van der Waals surface area contributed by atoms with Gasteiger partial charge in [-0.3, -0.25) is 38.4 Å². The molecule has 0 spiro atoms. The Kier molecular flexibility index (Phi) is 28.2. The number of nitrogens with zero attached hydrogens (tertiary/aromatic N) is 12. The highest BCUT2D eigenvalue weighted by Gasteiger charge is 2.40. The first-order valence-electron chi connectivity index (χ1n) is 32.7. The molecule has 2 saturated heterocycles. The number of halogens is 4. The van der Waals surface area contributed by atoms with Crippen LogP contribution in [0.15, 0.2) is 165 Å². The lowest BCUT2D eigenvalue weighted by Crippen LogP contribution is -2.50. The minimum absolute atomic E-state index is 0.0299. The molecule has 8 aromatic heterocycles. The van der Waals surface area contributed by atoms with Crippen LogP contribution in [-0.4, -0.2) is 160 Å². The average molecular weight is 1440 g/mol. The molecule has 2 fully saturated rings. The number of nitrogens with one attached hydrogen (secondary N) is 4. The molecule has 0 aliphatic carbocycles. The van der Waals surface area contributed by atoms with Gasteiger partial charge < -0.3 is 49.7 Å². The van der Waals surface area contributed by atoms with E-state index in [4.69, 9.17) is 23.7 Å². The van der Waals surface area contributed by atoms with Gasteiger partial charge in [-0.25, -0.2) is 47.4 Å². The molecular weight excluding hydrogens is 1360 g/mol. The van der Waals surface area contributed by atoms with E-state index < -0.39 is 17.8 Å². The van der Waals surface area contributed by atoms with Gasteiger partial charge in [-0.05, 0) is 114 Å². The summed E-state index contributed by atoms with van der Waals surface area (Å²) in [5, 5.41) is 27.5. The van der Waals surface area contributed by atoms with Gasteiger partial charge in [0.15, 0.2) is 5.67 Å². The maximum Gasteiger partial charge on any atom is 0.388 e. The first-order valence-corrected chi connectivity index (χ1v) is 32.7. The predicted octanol–water partition coefficient (Wildman–Crippen LogP) is 5.61. The Hall–Kier alpha value is -11.9. The Morgan fingerprint density at radius 1 is 0.510 bits per heavy atom. The quantitative estimate of drug-likeness (QED) is 0.0454. The van der Waals surface area contributed by atoms with Crippen molar-refractivity contribution in [3.8, 4) is 74.3 Å². The largest absolute Gasteiger partial charge is 0.477 e. The van der Waals surface area contributed by atoms with Gasteiger partial charge in [0.25, 0.3) is 22.2 Å². The summed E-state index contributed by atoms with van der Waals surface area (Å²) in [5.74, 6) is 0.315. The second-order valence-corrected chi connectivity index (χ2v) is 23.6. The van der Waals surface area contributed by atoms with Crippen molar-refractivity contribution in [3.05, 3.63) is 193 Å². The number of carbonyl (C=O) groups is 4. The first-order chi connectivity index (χ1) is 49.9. The van der Waals surface area contributed by atoms with Gasteiger partial charge in [0.1, 0.15) is 44.4 Å². The smallest absolute Gasteiger partial charge is 0.388 e. The standard InChI is InChI=1S/C19H17FN4O3.C17H20F2N4O3.C17H19FN4O4.C17H20N4O4/c1-2-21-17(25)12-24-19(26)10-8-16(23-24)13-3-9-18(22-11-13)27-15-6-4-14(20)5-7-15;1-4-17(2,3)21-13(24)10-23-15(25)8-6-12(22-23)11-5-7-14(20-9-11)26-16(18)19;1-2-19-14(23)8-22-16(24)6-4-13(21-22)12-3-5-15(20-7-12)26-11-17(18)9-25-10-17;1-2-18-15(22)8-21-17(23)6-4-14(20-21)13-3-5-16(19-7-13)25-11-12-9-24-10-12/h3-11H,2,12H2,1H3,(H,21,25);5-9,16H,4,10H2,1-3H3,(H,21,24);3-7H,2,8-11H2,1H3,(H,19,23);3-7,12H,2,8-11H2,1H3,(H,18,22). The third-order valence-electron chi connectivity index (χ3n) is 14.9. The average Bonchev–Trinajstić information content (AvgIpc) is 0.702. The number of pyridine rings is 4. The lowest BCUT2D eigenvalue weighted by molar-refractivity contribution is -0.146. The van der Waals surface area contributed by atoms with E-state index in [1.807, 2.05) is 33.8 Å². The molecule has 2 aliphatic rings. The second-order valence-electron chi connectivity index (χ2n) is 23.6. The van der Waals surface area contributed by atoms with E-state index in [1.165, 1.54) is 79.1 Å². The molecule has 0 atom stereocenters. The summed E-state index contributed by atoms with van der Waals surface area (Å²) in [5.41, 5.74) is 1.14. The highest BCUT2D eigenvalue weighted by molar-refractivity contribution is 5.77. The first kappa shape index (κ1) is 77.8. The molecule has 9 aromatic rings. The number of aromatic nitrogens is 12. The Bertz CT molecular complexity index is 4580. The number of hydrogen-bond acceptors (Lipinski definition) is 22. The van der Waals surface area contributed by atoms with Crippen molar-refractivity contribution in [2.75, 3.05) is 59.3 Å². The Morgan fingerprint density at radius 2 is 0.885 bits per heavy atom. The van der Waals surface area contributed by atoms with Gasteiger partial charge in [0, 0.05) is 127 Å². The van der Waals surface area contributed by atoms with Gasteiger partial charge in [-0.2, -0.15) is 29.2 Å². The predicted molar refractivity (Wildman–Crippen MR) is 369 cm³/mol. The van der Waals surface area contributed by atoms with Crippen LogP contribution < -0.4 is 62.5 Å². The van der Waals surface area contributed by atoms with Crippen LogP contribution in [0.3, 0.4) is 0 Å². The zero-order valence-corrected chi connectivity index (χ0v) is 57.5. The van der Waals surface area contributed by atoms with E-state index in [-0.39, 0.29) is 109 Å². The molecule has 11 rings (SSSR count). The van der Waals surface area contributed by atoms with Crippen molar-refractivity contribution < 1.29 is 65.2 Å². The Morgan fingerprint density at radius 3 is 1.21 bits per heavy atom. The molecular formula is C70H76F4N16O14. The van der Waals surface area contributed by atoms with Crippen LogP contribution in [0.1, 0.15) is 48.0 Å². The van der Waals surface area contributed by atoms with Gasteiger partial charge in [-0.15, -0.1) is 0 Å². The molecule has 104 heavy (non-hydrogen) atoms. The third kappa shape index (κ3) is 24.1. The van der Waals surface area contributed by atoms with Crippen LogP contribution in [0.5, 0.6) is 29.3 Å². The monoisotopic (exact) mass is 1440 g/mol. The summed E-state index contributed by atoms with van der Waals surface area (Å²) in [6.45, 7) is 11.0. The number of rotatable bonds is 27. The molecule has 4 amide bonds. The van der Waals surface area contributed by atoms with Crippen molar-refractivity contribution in [2.24, 2.45) is 5.92 Å². The van der Waals surface area contributed by atoms with Crippen molar-refractivity contribution in [3.63, 3.8) is 0 Å². The van der Waals surface area contributed by atoms with Crippen LogP contribution >= 0.6 is 0 Å². The molecule has 0 radical (unpaired) electrons. The van der Waals surface area contributed by atoms with Gasteiger partial charge >= 0.3 is 6.61 Å². The molecule has 0 unspecified atom stereocenters. The fourth-order valence-corrected chi connectivity index (χ4v) is 9.01. The number of ether oxygens (including phenoxy) is 6. The number of hydrogen-bond donors (Lipinski definition) is 4. The van der Waals surface area contributed by atoms with E-state index in [2.05, 4.69) is 66.3 Å². The maximum atomic E-state index is 13.8. The van der Waals surface area contributed by atoms with Crippen LogP contribution in [0.25, 0.3) is 45.0 Å². The normalized spacial score (nSPS) is 12.7. The van der Waals surface area contributed by atoms with Crippen molar-refractivity contribution in [1.82, 2.24) is 80.3 Å². The number of alkyl halides is 3. The van der Waals surface area contributed by atoms with E-state index >= 15 is 0 Å². The van der Waals surface area contributed by atoms with Crippen molar-refractivity contribution >= 4 is 23.6 Å². The highest BCUT2D eigenvalue weighted by Crippen LogP contribution is 2.26.